The first-order chi connectivity index (χ1) is 14.5. The molecule has 4 nitrogen and oxygen atoms in total. The number of H-pyrrole nitrogens is 1. The lowest BCUT2D eigenvalue weighted by atomic mass is 10.0. The second kappa shape index (κ2) is 8.45. The number of halogens is 2. The van der Waals surface area contributed by atoms with Crippen LogP contribution in [0.25, 0.3) is 22.2 Å². The van der Waals surface area contributed by atoms with Gasteiger partial charge in [0.05, 0.1) is 6.04 Å². The molecule has 1 atom stereocenters. The summed E-state index contributed by atoms with van der Waals surface area (Å²) in [6.45, 7) is 1.90. The highest BCUT2D eigenvalue weighted by Crippen LogP contribution is 2.32. The summed E-state index contributed by atoms with van der Waals surface area (Å²) in [5.41, 5.74) is 4.08. The number of fused-ring (bicyclic) bond motifs is 1. The third kappa shape index (κ3) is 4.22. The SMILES string of the molecule is C[C@H](NC(=O)CCc1c(-c2ccc(F)cc2)[nH]c2ccc(F)cc12)c1cccnc1. The fourth-order valence-electron chi connectivity index (χ4n) is 3.61. The van der Waals surface area contributed by atoms with E-state index >= 15 is 0 Å². The lowest BCUT2D eigenvalue weighted by molar-refractivity contribution is -0.121. The Morgan fingerprint density at radius 3 is 2.60 bits per heavy atom. The van der Waals surface area contributed by atoms with E-state index in [9.17, 15) is 13.6 Å². The Kier molecular flexibility index (Phi) is 5.57. The molecule has 6 heteroatoms. The predicted molar refractivity (Wildman–Crippen MR) is 113 cm³/mol. The molecule has 0 aliphatic heterocycles. The van der Waals surface area contributed by atoms with Crippen LogP contribution in [0.1, 0.15) is 30.5 Å². The first-order valence-electron chi connectivity index (χ1n) is 9.76. The van der Waals surface area contributed by atoms with Crippen LogP contribution in [0.3, 0.4) is 0 Å². The van der Waals surface area contributed by atoms with Crippen LogP contribution in [-0.4, -0.2) is 15.9 Å². The number of aromatic nitrogens is 2. The molecule has 0 bridgehead atoms. The predicted octanol–water partition coefficient (Wildman–Crippen LogP) is 5.32. The Bertz CT molecular complexity index is 1170. The number of amides is 1. The number of benzene rings is 2. The van der Waals surface area contributed by atoms with Gasteiger partial charge in [-0.3, -0.25) is 9.78 Å². The minimum absolute atomic E-state index is 0.109. The number of nitrogens with one attached hydrogen (secondary N) is 2. The zero-order chi connectivity index (χ0) is 21.1. The van der Waals surface area contributed by atoms with Crippen LogP contribution in [0.2, 0.25) is 0 Å². The maximum absolute atomic E-state index is 13.9. The highest BCUT2D eigenvalue weighted by molar-refractivity contribution is 5.91. The molecule has 2 heterocycles. The van der Waals surface area contributed by atoms with E-state index in [0.29, 0.717) is 6.42 Å². The molecule has 0 unspecified atom stereocenters. The minimum atomic E-state index is -0.344. The maximum atomic E-state index is 13.9. The van der Waals surface area contributed by atoms with Crippen molar-refractivity contribution in [1.29, 1.82) is 0 Å². The van der Waals surface area contributed by atoms with Crippen molar-refractivity contribution in [2.45, 2.75) is 25.8 Å². The van der Waals surface area contributed by atoms with Crippen LogP contribution in [0, 0.1) is 11.6 Å². The summed E-state index contributed by atoms with van der Waals surface area (Å²) in [5.74, 6) is -0.781. The van der Waals surface area contributed by atoms with E-state index in [1.165, 1.54) is 24.3 Å². The molecular weight excluding hydrogens is 384 g/mol. The van der Waals surface area contributed by atoms with Gasteiger partial charge in [0, 0.05) is 35.4 Å². The highest BCUT2D eigenvalue weighted by Gasteiger charge is 2.16. The molecule has 4 aromatic rings. The van der Waals surface area contributed by atoms with Gasteiger partial charge in [0.2, 0.25) is 5.91 Å². The van der Waals surface area contributed by atoms with Crippen LogP contribution in [-0.2, 0) is 11.2 Å². The largest absolute Gasteiger partial charge is 0.354 e. The van der Waals surface area contributed by atoms with E-state index in [1.54, 1.807) is 30.6 Å². The van der Waals surface area contributed by atoms with E-state index in [4.69, 9.17) is 0 Å². The second-order valence-corrected chi connectivity index (χ2v) is 7.25. The van der Waals surface area contributed by atoms with Crippen LogP contribution in [0.5, 0.6) is 0 Å². The van der Waals surface area contributed by atoms with Gasteiger partial charge < -0.3 is 10.3 Å². The van der Waals surface area contributed by atoms with E-state index in [1.807, 2.05) is 19.1 Å². The Hall–Kier alpha value is -3.54. The number of aryl methyl sites for hydroxylation is 1. The fourth-order valence-corrected chi connectivity index (χ4v) is 3.61. The van der Waals surface area contributed by atoms with Crippen LogP contribution in [0.4, 0.5) is 8.78 Å². The third-order valence-corrected chi connectivity index (χ3v) is 5.17. The number of carbonyl (C=O) groups excluding carboxylic acids is 1. The molecule has 0 aliphatic carbocycles. The summed E-state index contributed by atoms with van der Waals surface area (Å²) >= 11 is 0. The van der Waals surface area contributed by atoms with Gasteiger partial charge in [-0.25, -0.2) is 8.78 Å². The van der Waals surface area contributed by atoms with Crippen LogP contribution >= 0.6 is 0 Å². The van der Waals surface area contributed by atoms with E-state index in [0.717, 1.165) is 33.3 Å². The summed E-state index contributed by atoms with van der Waals surface area (Å²) in [6, 6.07) is 14.2. The summed E-state index contributed by atoms with van der Waals surface area (Å²) in [6.07, 6.45) is 4.06. The van der Waals surface area contributed by atoms with Gasteiger partial charge in [-0.05, 0) is 78.6 Å². The average Bonchev–Trinajstić information content (AvgIpc) is 3.11. The smallest absolute Gasteiger partial charge is 0.220 e. The van der Waals surface area contributed by atoms with E-state index in [-0.39, 0.29) is 30.0 Å². The standard InChI is InChI=1S/C24H21F2N3O/c1-15(17-3-2-12-27-14-17)28-23(30)11-9-20-21-13-19(26)8-10-22(21)29-24(20)16-4-6-18(25)7-5-16/h2-8,10,12-15,29H,9,11H2,1H3,(H,28,30)/t15-/m0/s1. The van der Waals surface area contributed by atoms with Crippen LogP contribution < -0.4 is 5.32 Å². The first kappa shape index (κ1) is 19.8. The number of nitrogens with zero attached hydrogens (tertiary/aromatic N) is 1. The molecule has 2 aromatic carbocycles. The van der Waals surface area contributed by atoms with Gasteiger partial charge >= 0.3 is 0 Å². The zero-order valence-corrected chi connectivity index (χ0v) is 16.5. The van der Waals surface area contributed by atoms with Crippen molar-refractivity contribution in [2.24, 2.45) is 0 Å². The number of rotatable bonds is 6. The highest BCUT2D eigenvalue weighted by atomic mass is 19.1. The van der Waals surface area contributed by atoms with Crippen molar-refractivity contribution in [1.82, 2.24) is 15.3 Å². The summed E-state index contributed by atoms with van der Waals surface area (Å²) in [7, 11) is 0. The summed E-state index contributed by atoms with van der Waals surface area (Å²) in [5, 5.41) is 3.70. The topological polar surface area (TPSA) is 57.8 Å². The van der Waals surface area contributed by atoms with Crippen LogP contribution in [0.15, 0.2) is 67.0 Å². The van der Waals surface area contributed by atoms with Gasteiger partial charge in [-0.1, -0.05) is 6.07 Å². The lowest BCUT2D eigenvalue weighted by Crippen LogP contribution is -2.26. The third-order valence-electron chi connectivity index (χ3n) is 5.17. The number of aromatic amines is 1. The average molecular weight is 405 g/mol. The monoisotopic (exact) mass is 405 g/mol. The molecule has 0 aliphatic rings. The van der Waals surface area contributed by atoms with Gasteiger partial charge in [-0.2, -0.15) is 0 Å². The quantitative estimate of drug-likeness (QED) is 0.456. The second-order valence-electron chi connectivity index (χ2n) is 7.25. The summed E-state index contributed by atoms with van der Waals surface area (Å²) < 4.78 is 27.2. The molecule has 30 heavy (non-hydrogen) atoms. The molecule has 152 valence electrons. The Morgan fingerprint density at radius 2 is 1.87 bits per heavy atom. The molecule has 2 aromatic heterocycles. The van der Waals surface area contributed by atoms with Crippen molar-refractivity contribution in [3.8, 4) is 11.3 Å². The van der Waals surface area contributed by atoms with E-state index in [2.05, 4.69) is 15.3 Å². The lowest BCUT2D eigenvalue weighted by Gasteiger charge is -2.14. The molecule has 0 saturated heterocycles. The fraction of sp³-hybridized carbons (Fsp3) is 0.167. The van der Waals surface area contributed by atoms with Gasteiger partial charge in [0.1, 0.15) is 11.6 Å². The van der Waals surface area contributed by atoms with Crippen molar-refractivity contribution in [2.75, 3.05) is 0 Å². The van der Waals surface area contributed by atoms with Crippen molar-refractivity contribution < 1.29 is 13.6 Å². The molecular formula is C24H21F2N3O. The Labute approximate surface area is 173 Å². The number of pyridine rings is 1. The Morgan fingerprint density at radius 1 is 1.10 bits per heavy atom. The zero-order valence-electron chi connectivity index (χ0n) is 16.5. The van der Waals surface area contributed by atoms with E-state index < -0.39 is 0 Å². The number of hydrogen-bond donors (Lipinski definition) is 2. The molecule has 0 fully saturated rings. The molecule has 0 radical (unpaired) electrons. The number of carbonyl (C=O) groups is 1. The van der Waals surface area contributed by atoms with Crippen molar-refractivity contribution in [3.05, 3.63) is 89.8 Å². The molecule has 0 spiro atoms. The Balaban J connectivity index is 1.58. The van der Waals surface area contributed by atoms with Gasteiger partial charge in [0.25, 0.3) is 0 Å². The maximum Gasteiger partial charge on any atom is 0.220 e. The van der Waals surface area contributed by atoms with Crippen molar-refractivity contribution >= 4 is 16.8 Å². The number of hydrogen-bond acceptors (Lipinski definition) is 2. The summed E-state index contributed by atoms with van der Waals surface area (Å²) in [4.78, 5) is 19.9. The molecule has 4 rings (SSSR count). The molecule has 1 amide bonds. The van der Waals surface area contributed by atoms with Gasteiger partial charge in [0.15, 0.2) is 0 Å². The normalized spacial score (nSPS) is 12.1. The molecule has 0 saturated carbocycles. The first-order valence-corrected chi connectivity index (χ1v) is 9.76. The minimum Gasteiger partial charge on any atom is -0.354 e. The van der Waals surface area contributed by atoms with Crippen molar-refractivity contribution in [3.63, 3.8) is 0 Å². The molecule has 2 N–H and O–H groups in total. The van der Waals surface area contributed by atoms with Gasteiger partial charge in [-0.15, -0.1) is 0 Å².